The molecule has 106 valence electrons. The minimum atomic E-state index is -0.224. The molecule has 0 bridgehead atoms. The SMILES string of the molecule is CN(Cc1ccc(F)cc1)c1c(Cl)cccc1CCN. The van der Waals surface area contributed by atoms with Crippen molar-refractivity contribution in [2.45, 2.75) is 13.0 Å². The highest BCUT2D eigenvalue weighted by Gasteiger charge is 2.11. The van der Waals surface area contributed by atoms with E-state index in [2.05, 4.69) is 4.90 Å². The molecule has 0 amide bonds. The Labute approximate surface area is 124 Å². The van der Waals surface area contributed by atoms with Crippen molar-refractivity contribution >= 4 is 17.3 Å². The molecule has 2 N–H and O–H groups in total. The first-order chi connectivity index (χ1) is 9.61. The predicted octanol–water partition coefficient (Wildman–Crippen LogP) is 3.62. The lowest BCUT2D eigenvalue weighted by Crippen LogP contribution is -2.19. The normalized spacial score (nSPS) is 10.6. The van der Waals surface area contributed by atoms with Crippen molar-refractivity contribution in [3.8, 4) is 0 Å². The van der Waals surface area contributed by atoms with E-state index in [0.29, 0.717) is 18.1 Å². The van der Waals surface area contributed by atoms with Crippen LogP contribution in [-0.4, -0.2) is 13.6 Å². The fourth-order valence-electron chi connectivity index (χ4n) is 2.29. The van der Waals surface area contributed by atoms with E-state index in [9.17, 15) is 4.39 Å². The maximum Gasteiger partial charge on any atom is 0.123 e. The van der Waals surface area contributed by atoms with Crippen LogP contribution in [0.2, 0.25) is 5.02 Å². The molecule has 0 aliphatic rings. The van der Waals surface area contributed by atoms with Crippen molar-refractivity contribution in [2.75, 3.05) is 18.5 Å². The van der Waals surface area contributed by atoms with Crippen molar-refractivity contribution in [2.24, 2.45) is 5.73 Å². The number of hydrogen-bond acceptors (Lipinski definition) is 2. The highest BCUT2D eigenvalue weighted by atomic mass is 35.5. The van der Waals surface area contributed by atoms with Gasteiger partial charge in [-0.3, -0.25) is 0 Å². The van der Waals surface area contributed by atoms with Crippen molar-refractivity contribution in [1.82, 2.24) is 0 Å². The molecule has 0 aliphatic heterocycles. The third-order valence-corrected chi connectivity index (χ3v) is 3.50. The molecule has 20 heavy (non-hydrogen) atoms. The molecule has 2 aromatic carbocycles. The van der Waals surface area contributed by atoms with E-state index < -0.39 is 0 Å². The first kappa shape index (κ1) is 14.8. The average molecular weight is 293 g/mol. The zero-order chi connectivity index (χ0) is 14.5. The van der Waals surface area contributed by atoms with Crippen LogP contribution in [0.15, 0.2) is 42.5 Å². The first-order valence-electron chi connectivity index (χ1n) is 6.55. The minimum Gasteiger partial charge on any atom is -0.369 e. The molecule has 4 heteroatoms. The second kappa shape index (κ2) is 6.73. The van der Waals surface area contributed by atoms with Crippen LogP contribution < -0.4 is 10.6 Å². The van der Waals surface area contributed by atoms with E-state index in [-0.39, 0.29) is 5.82 Å². The number of halogens is 2. The molecule has 0 saturated carbocycles. The summed E-state index contributed by atoms with van der Waals surface area (Å²) in [5.74, 6) is -0.224. The standard InChI is InChI=1S/C16H18ClFN2/c1-20(11-12-5-7-14(18)8-6-12)16-13(9-10-19)3-2-4-15(16)17/h2-8H,9-11,19H2,1H3. The molecule has 0 aromatic heterocycles. The van der Waals surface area contributed by atoms with E-state index in [4.69, 9.17) is 17.3 Å². The zero-order valence-electron chi connectivity index (χ0n) is 11.4. The summed E-state index contributed by atoms with van der Waals surface area (Å²) >= 11 is 6.31. The lowest BCUT2D eigenvalue weighted by Gasteiger charge is -2.24. The molecule has 0 aliphatic carbocycles. The van der Waals surface area contributed by atoms with Gasteiger partial charge in [0.1, 0.15) is 5.82 Å². The monoisotopic (exact) mass is 292 g/mol. The van der Waals surface area contributed by atoms with Crippen molar-refractivity contribution in [3.05, 3.63) is 64.4 Å². The second-order valence-electron chi connectivity index (χ2n) is 4.77. The maximum absolute atomic E-state index is 12.9. The van der Waals surface area contributed by atoms with E-state index >= 15 is 0 Å². The summed E-state index contributed by atoms with van der Waals surface area (Å²) in [5, 5.41) is 0.709. The van der Waals surface area contributed by atoms with Gasteiger partial charge in [-0.1, -0.05) is 35.9 Å². The summed E-state index contributed by atoms with van der Waals surface area (Å²) in [6, 6.07) is 12.3. The number of hydrogen-bond donors (Lipinski definition) is 1. The summed E-state index contributed by atoms with van der Waals surface area (Å²) in [6.45, 7) is 1.25. The van der Waals surface area contributed by atoms with Gasteiger partial charge < -0.3 is 10.6 Å². The Balaban J connectivity index is 2.24. The Kier molecular flexibility index (Phi) is 4.99. The van der Waals surface area contributed by atoms with Crippen molar-refractivity contribution in [1.29, 1.82) is 0 Å². The van der Waals surface area contributed by atoms with Gasteiger partial charge in [-0.2, -0.15) is 0 Å². The number of para-hydroxylation sites is 1. The molecule has 0 heterocycles. The van der Waals surface area contributed by atoms with Gasteiger partial charge in [-0.15, -0.1) is 0 Å². The third kappa shape index (κ3) is 3.50. The van der Waals surface area contributed by atoms with Crippen LogP contribution in [-0.2, 0) is 13.0 Å². The van der Waals surface area contributed by atoms with Gasteiger partial charge >= 0.3 is 0 Å². The lowest BCUT2D eigenvalue weighted by atomic mass is 10.1. The van der Waals surface area contributed by atoms with Crippen LogP contribution in [0.4, 0.5) is 10.1 Å². The molecule has 0 atom stereocenters. The summed E-state index contributed by atoms with van der Waals surface area (Å²) in [5.41, 5.74) is 8.80. The largest absolute Gasteiger partial charge is 0.369 e. The van der Waals surface area contributed by atoms with E-state index in [1.165, 1.54) is 12.1 Å². The lowest BCUT2D eigenvalue weighted by molar-refractivity contribution is 0.627. The fourth-order valence-corrected chi connectivity index (χ4v) is 2.63. The van der Waals surface area contributed by atoms with Gasteiger partial charge in [-0.05, 0) is 42.3 Å². The minimum absolute atomic E-state index is 0.224. The van der Waals surface area contributed by atoms with E-state index in [1.807, 2.05) is 25.2 Å². The highest BCUT2D eigenvalue weighted by molar-refractivity contribution is 6.33. The predicted molar refractivity (Wildman–Crippen MR) is 82.7 cm³/mol. The van der Waals surface area contributed by atoms with Crippen molar-refractivity contribution in [3.63, 3.8) is 0 Å². The zero-order valence-corrected chi connectivity index (χ0v) is 12.2. The van der Waals surface area contributed by atoms with Gasteiger partial charge in [0.25, 0.3) is 0 Å². The quantitative estimate of drug-likeness (QED) is 0.912. The van der Waals surface area contributed by atoms with Crippen LogP contribution in [0.5, 0.6) is 0 Å². The molecular formula is C16H18ClFN2. The topological polar surface area (TPSA) is 29.3 Å². The summed E-state index contributed by atoms with van der Waals surface area (Å²) < 4.78 is 12.9. The molecular weight excluding hydrogens is 275 g/mol. The number of rotatable bonds is 5. The first-order valence-corrected chi connectivity index (χ1v) is 6.92. The van der Waals surface area contributed by atoms with Crippen molar-refractivity contribution < 1.29 is 4.39 Å². The molecule has 0 saturated heterocycles. The summed E-state index contributed by atoms with van der Waals surface area (Å²) in [7, 11) is 1.98. The number of benzene rings is 2. The fraction of sp³-hybridized carbons (Fsp3) is 0.250. The van der Waals surface area contributed by atoms with Gasteiger partial charge in [0.15, 0.2) is 0 Å². The van der Waals surface area contributed by atoms with Gasteiger partial charge in [0.05, 0.1) is 10.7 Å². The highest BCUT2D eigenvalue weighted by Crippen LogP contribution is 2.30. The van der Waals surface area contributed by atoms with Crippen LogP contribution in [0, 0.1) is 5.82 Å². The Morgan fingerprint density at radius 2 is 1.85 bits per heavy atom. The van der Waals surface area contributed by atoms with Gasteiger partial charge in [0.2, 0.25) is 0 Å². The van der Waals surface area contributed by atoms with E-state index in [1.54, 1.807) is 12.1 Å². The molecule has 0 spiro atoms. The molecule has 0 radical (unpaired) electrons. The van der Waals surface area contributed by atoms with Crippen LogP contribution in [0.1, 0.15) is 11.1 Å². The van der Waals surface area contributed by atoms with Gasteiger partial charge in [-0.25, -0.2) is 4.39 Å². The van der Waals surface area contributed by atoms with Crippen LogP contribution in [0.25, 0.3) is 0 Å². The summed E-state index contributed by atoms with van der Waals surface area (Å²) in [6.07, 6.45) is 0.781. The molecule has 0 unspecified atom stereocenters. The van der Waals surface area contributed by atoms with E-state index in [0.717, 1.165) is 23.2 Å². The second-order valence-corrected chi connectivity index (χ2v) is 5.18. The number of anilines is 1. The smallest absolute Gasteiger partial charge is 0.123 e. The van der Waals surface area contributed by atoms with Gasteiger partial charge in [0, 0.05) is 13.6 Å². The number of nitrogens with two attached hydrogens (primary N) is 1. The molecule has 2 aromatic rings. The Bertz CT molecular complexity index is 569. The Morgan fingerprint density at radius 1 is 1.15 bits per heavy atom. The van der Waals surface area contributed by atoms with Crippen LogP contribution >= 0.6 is 11.6 Å². The number of nitrogens with zero attached hydrogens (tertiary/aromatic N) is 1. The Morgan fingerprint density at radius 3 is 2.50 bits per heavy atom. The van der Waals surface area contributed by atoms with Crippen LogP contribution in [0.3, 0.4) is 0 Å². The molecule has 2 nitrogen and oxygen atoms in total. The molecule has 2 rings (SSSR count). The third-order valence-electron chi connectivity index (χ3n) is 3.20. The molecule has 0 fully saturated rings. The maximum atomic E-state index is 12.9. The average Bonchev–Trinajstić information content (AvgIpc) is 2.42. The Hall–Kier alpha value is -1.58. The summed E-state index contributed by atoms with van der Waals surface area (Å²) in [4.78, 5) is 2.07.